The van der Waals surface area contributed by atoms with Crippen LogP contribution < -0.4 is 27.0 Å². The van der Waals surface area contributed by atoms with Crippen molar-refractivity contribution in [1.29, 1.82) is 0 Å². The van der Waals surface area contributed by atoms with E-state index >= 15 is 0 Å². The summed E-state index contributed by atoms with van der Waals surface area (Å²) < 4.78 is 4.59. The summed E-state index contributed by atoms with van der Waals surface area (Å²) in [6.45, 7) is -0.448. The Bertz CT molecular complexity index is 1970. The number of allylic oxidation sites excluding steroid dienone is 1. The molecule has 3 saturated carbocycles. The van der Waals surface area contributed by atoms with Crippen LogP contribution in [-0.2, 0) is 38.3 Å². The van der Waals surface area contributed by atoms with E-state index < -0.39 is 112 Å². The quantitative estimate of drug-likeness (QED) is 0.0473. The van der Waals surface area contributed by atoms with Gasteiger partial charge in [-0.25, -0.2) is 9.59 Å². The Hall–Kier alpha value is -6.21. The maximum atomic E-state index is 14.4. The summed E-state index contributed by atoms with van der Waals surface area (Å²) in [6.07, 6.45) is 11.7. The fourth-order valence-corrected chi connectivity index (χ4v) is 8.82. The number of nitrogens with zero attached hydrogens (tertiary/aromatic N) is 2. The van der Waals surface area contributed by atoms with E-state index in [1.165, 1.54) is 6.08 Å². The Labute approximate surface area is 364 Å². The molecule has 20 nitrogen and oxygen atoms in total. The number of hydrogen-bond donors (Lipinski definition) is 6. The van der Waals surface area contributed by atoms with E-state index in [1.54, 1.807) is 0 Å². The molecule has 5 rings (SSSR count). The first kappa shape index (κ1) is 47.8. The Balaban J connectivity index is 1.36. The van der Waals surface area contributed by atoms with Gasteiger partial charge < -0.3 is 41.7 Å². The van der Waals surface area contributed by atoms with Crippen molar-refractivity contribution in [2.24, 2.45) is 23.5 Å². The molecule has 1 heterocycles. The number of primary amides is 1. The maximum absolute atomic E-state index is 14.4. The number of aromatic carboxylic acids is 1. The molecule has 342 valence electrons. The highest BCUT2D eigenvalue weighted by Crippen LogP contribution is 2.35. The zero-order valence-corrected chi connectivity index (χ0v) is 35.3. The largest absolute Gasteiger partial charge is 0.478 e. The van der Waals surface area contributed by atoms with Crippen molar-refractivity contribution in [1.82, 2.24) is 26.2 Å². The predicted molar refractivity (Wildman–Crippen MR) is 222 cm³/mol. The van der Waals surface area contributed by atoms with Crippen LogP contribution in [0.5, 0.6) is 0 Å². The summed E-state index contributed by atoms with van der Waals surface area (Å²) >= 11 is 0. The van der Waals surface area contributed by atoms with Gasteiger partial charge >= 0.3 is 11.9 Å². The first-order chi connectivity index (χ1) is 30.1. The van der Waals surface area contributed by atoms with Gasteiger partial charge in [0.25, 0.3) is 11.6 Å². The van der Waals surface area contributed by atoms with E-state index in [9.17, 15) is 58.4 Å². The number of ketones is 1. The lowest BCUT2D eigenvalue weighted by atomic mass is 9.81. The number of ether oxygens (including phenoxy) is 1. The third-order valence-corrected chi connectivity index (χ3v) is 12.4. The summed E-state index contributed by atoms with van der Waals surface area (Å²) in [5.74, 6) is -7.83. The number of esters is 1. The van der Waals surface area contributed by atoms with Gasteiger partial charge in [0, 0.05) is 24.6 Å². The number of methoxy groups -OCH3 is 1. The van der Waals surface area contributed by atoms with Crippen molar-refractivity contribution in [3.63, 3.8) is 0 Å². The third kappa shape index (κ3) is 13.2. The number of carbonyl (C=O) groups excluding carboxylic acids is 8. The molecule has 20 heteroatoms. The number of amides is 6. The fourth-order valence-electron chi connectivity index (χ4n) is 8.82. The van der Waals surface area contributed by atoms with Crippen LogP contribution in [0.25, 0.3) is 0 Å². The molecule has 0 spiro atoms. The van der Waals surface area contributed by atoms with Gasteiger partial charge in [0.2, 0.25) is 29.5 Å². The molecule has 0 radical (unpaired) electrons. The SMILES string of the molecule is COC(=O)/C=C/CC[C@H](NC(=O)c1ccc([N+](=O)[O-])cc1C(=O)O)C(=O)N[C@@H](CC1CC1)C(=O)N1CC(=O)C[C@H]1C(=O)N[C@H](C(=O)N[C@H](C(N)=O)C1CCCCC1)C1CCCCC1. The summed E-state index contributed by atoms with van der Waals surface area (Å²) in [4.78, 5) is 131. The van der Waals surface area contributed by atoms with Crippen molar-refractivity contribution in [3.8, 4) is 0 Å². The third-order valence-electron chi connectivity index (χ3n) is 12.4. The molecule has 7 N–H and O–H groups in total. The number of nitro benzene ring substituents is 1. The number of carboxylic acid groups (broad SMARTS) is 1. The van der Waals surface area contributed by atoms with E-state index in [-0.39, 0.29) is 43.4 Å². The predicted octanol–water partition coefficient (Wildman–Crippen LogP) is 1.97. The van der Waals surface area contributed by atoms with Crippen molar-refractivity contribution >= 4 is 58.9 Å². The van der Waals surface area contributed by atoms with Crippen LogP contribution in [0.15, 0.2) is 30.4 Å². The normalized spacial score (nSPS) is 20.2. The van der Waals surface area contributed by atoms with E-state index in [0.29, 0.717) is 18.9 Å². The molecular weight excluding hydrogens is 823 g/mol. The highest BCUT2D eigenvalue weighted by molar-refractivity contribution is 6.07. The molecule has 0 unspecified atom stereocenters. The highest BCUT2D eigenvalue weighted by atomic mass is 16.6. The number of carbonyl (C=O) groups is 9. The van der Waals surface area contributed by atoms with Crippen LogP contribution in [0.2, 0.25) is 0 Å². The molecular formula is C43H57N7O13. The van der Waals surface area contributed by atoms with Crippen LogP contribution in [0.3, 0.4) is 0 Å². The molecule has 6 amide bonds. The topological polar surface area (TPSA) is 304 Å². The Morgan fingerprint density at radius 2 is 1.49 bits per heavy atom. The van der Waals surface area contributed by atoms with Gasteiger partial charge in [-0.3, -0.25) is 43.7 Å². The summed E-state index contributed by atoms with van der Waals surface area (Å²) in [5, 5.41) is 31.8. The average molecular weight is 880 g/mol. The second kappa shape index (κ2) is 22.2. The smallest absolute Gasteiger partial charge is 0.336 e. The van der Waals surface area contributed by atoms with Crippen LogP contribution in [0.4, 0.5) is 5.69 Å². The van der Waals surface area contributed by atoms with Crippen molar-refractivity contribution < 1.29 is 57.9 Å². The Morgan fingerprint density at radius 1 is 0.857 bits per heavy atom. The van der Waals surface area contributed by atoms with E-state index in [0.717, 1.165) is 94.4 Å². The van der Waals surface area contributed by atoms with E-state index in [2.05, 4.69) is 26.0 Å². The van der Waals surface area contributed by atoms with E-state index in [1.807, 2.05) is 0 Å². The lowest BCUT2D eigenvalue weighted by Crippen LogP contribution is -2.60. The van der Waals surface area contributed by atoms with Gasteiger partial charge in [-0.15, -0.1) is 0 Å². The van der Waals surface area contributed by atoms with Gasteiger partial charge in [-0.2, -0.15) is 0 Å². The van der Waals surface area contributed by atoms with Crippen LogP contribution in [0.1, 0.15) is 123 Å². The van der Waals surface area contributed by atoms with Gasteiger partial charge in [0.05, 0.1) is 29.7 Å². The number of benzene rings is 1. The molecule has 0 aromatic heterocycles. The second-order valence-electron chi connectivity index (χ2n) is 17.0. The Morgan fingerprint density at radius 3 is 2.06 bits per heavy atom. The van der Waals surface area contributed by atoms with Crippen LogP contribution in [-0.4, -0.2) is 112 Å². The summed E-state index contributed by atoms with van der Waals surface area (Å²) in [7, 11) is 1.16. The number of nitro groups is 1. The fraction of sp³-hybridized carbons (Fsp3) is 0.605. The molecule has 4 fully saturated rings. The van der Waals surface area contributed by atoms with Crippen molar-refractivity contribution in [3.05, 3.63) is 51.6 Å². The van der Waals surface area contributed by atoms with Crippen LogP contribution >= 0.6 is 0 Å². The Kier molecular flexibility index (Phi) is 16.9. The first-order valence-electron chi connectivity index (χ1n) is 21.7. The molecule has 1 aromatic carbocycles. The minimum Gasteiger partial charge on any atom is -0.478 e. The maximum Gasteiger partial charge on any atom is 0.336 e. The molecule has 1 saturated heterocycles. The standard InChI is InChI=1S/C43H57N7O13/c1-63-34(52)15-9-8-14-31(45-38(54)29-19-18-27(50(61)62)21-30(29)43(59)60)39(55)46-32(20-24-16-17-24)42(58)49-23-28(51)22-33(49)40(56)48-36(26-12-6-3-7-13-26)41(57)47-35(37(44)53)25-10-4-2-5-11-25/h9,15,18-19,21,24-26,31-33,35-36H,2-8,10-14,16-17,20,22-23H2,1H3,(H2,44,53)(H,45,54)(H,46,55)(H,47,57)(H,48,56)(H,59,60)/b15-9+/t31-,32-,33-,35-,36-/m0/s1. The second-order valence-corrected chi connectivity index (χ2v) is 17.0. The number of non-ortho nitro benzene ring substituents is 1. The lowest BCUT2D eigenvalue weighted by Gasteiger charge is -2.35. The van der Waals surface area contributed by atoms with Crippen molar-refractivity contribution in [2.45, 2.75) is 133 Å². The molecule has 4 aliphatic rings. The zero-order valence-electron chi connectivity index (χ0n) is 35.3. The number of hydrogen-bond acceptors (Lipinski definition) is 12. The minimum atomic E-state index is -1.64. The molecule has 1 aliphatic heterocycles. The monoisotopic (exact) mass is 879 g/mol. The lowest BCUT2D eigenvalue weighted by molar-refractivity contribution is -0.384. The first-order valence-corrected chi connectivity index (χ1v) is 21.7. The number of Topliss-reactive ketones (excluding diaryl/α,β-unsaturated/α-hetero) is 1. The highest BCUT2D eigenvalue weighted by Gasteiger charge is 2.45. The van der Waals surface area contributed by atoms with Gasteiger partial charge in [0.1, 0.15) is 30.2 Å². The number of carboxylic acids is 1. The average Bonchev–Trinajstić information content (AvgIpc) is 4.01. The number of nitrogens with two attached hydrogens (primary N) is 1. The van der Waals surface area contributed by atoms with E-state index in [4.69, 9.17) is 5.73 Å². The number of likely N-dealkylation sites (tertiary alicyclic amines) is 1. The van der Waals surface area contributed by atoms with Crippen molar-refractivity contribution in [2.75, 3.05) is 13.7 Å². The molecule has 1 aromatic rings. The number of rotatable bonds is 20. The van der Waals surface area contributed by atoms with Gasteiger partial charge in [0.15, 0.2) is 5.78 Å². The van der Waals surface area contributed by atoms with Gasteiger partial charge in [-0.05, 0) is 68.8 Å². The number of nitrogens with one attached hydrogen (secondary N) is 4. The molecule has 3 aliphatic carbocycles. The van der Waals surface area contributed by atoms with Crippen LogP contribution in [0, 0.1) is 27.9 Å². The summed E-state index contributed by atoms with van der Waals surface area (Å²) in [6, 6.07) is -3.48. The summed E-state index contributed by atoms with van der Waals surface area (Å²) in [5.41, 5.74) is 4.01. The molecule has 63 heavy (non-hydrogen) atoms. The molecule has 0 bridgehead atoms. The van der Waals surface area contributed by atoms with Gasteiger partial charge in [-0.1, -0.05) is 57.4 Å². The minimum absolute atomic E-state index is 0.0141. The zero-order chi connectivity index (χ0) is 45.8. The molecule has 5 atom stereocenters.